The molecule has 1 atom stereocenters. The van der Waals surface area contributed by atoms with Crippen molar-refractivity contribution in [3.05, 3.63) is 29.8 Å². The number of benzene rings is 1. The third-order valence-electron chi connectivity index (χ3n) is 4.22. The van der Waals surface area contributed by atoms with Crippen LogP contribution in [0.25, 0.3) is 0 Å². The van der Waals surface area contributed by atoms with Gasteiger partial charge in [0.1, 0.15) is 5.75 Å². The minimum Gasteiger partial charge on any atom is -0.493 e. The van der Waals surface area contributed by atoms with Crippen molar-refractivity contribution in [2.24, 2.45) is 11.8 Å². The first-order chi connectivity index (χ1) is 9.72. The van der Waals surface area contributed by atoms with E-state index in [0.29, 0.717) is 11.8 Å². The molecule has 1 aliphatic heterocycles. The highest BCUT2D eigenvalue weighted by molar-refractivity contribution is 5.68. The average molecular weight is 275 g/mol. The van der Waals surface area contributed by atoms with Gasteiger partial charge in [-0.2, -0.15) is 0 Å². The molecule has 0 bridgehead atoms. The van der Waals surface area contributed by atoms with Crippen molar-refractivity contribution in [2.45, 2.75) is 25.2 Å². The Balaban J connectivity index is 1.66. The molecular formula is C16H21NO3. The summed E-state index contributed by atoms with van der Waals surface area (Å²) in [5.74, 6) is 1.44. The summed E-state index contributed by atoms with van der Waals surface area (Å²) in [6.07, 6.45) is 2.52. The predicted molar refractivity (Wildman–Crippen MR) is 76.0 cm³/mol. The number of aliphatic carboxylic acids is 1. The van der Waals surface area contributed by atoms with Crippen LogP contribution in [-0.2, 0) is 4.79 Å². The third kappa shape index (κ3) is 3.31. The number of carbonyl (C=O) groups is 1. The summed E-state index contributed by atoms with van der Waals surface area (Å²) in [5, 5.41) is 12.3. The number of nitrogens with one attached hydrogen (secondary N) is 1. The fourth-order valence-corrected chi connectivity index (χ4v) is 2.76. The van der Waals surface area contributed by atoms with Crippen LogP contribution in [0.3, 0.4) is 0 Å². The molecule has 0 aromatic heterocycles. The Hall–Kier alpha value is -1.55. The van der Waals surface area contributed by atoms with E-state index in [1.165, 1.54) is 0 Å². The Morgan fingerprint density at radius 3 is 2.80 bits per heavy atom. The lowest BCUT2D eigenvalue weighted by atomic mass is 9.91. The van der Waals surface area contributed by atoms with Crippen molar-refractivity contribution in [3.8, 4) is 5.75 Å². The van der Waals surface area contributed by atoms with Gasteiger partial charge in [-0.3, -0.25) is 4.79 Å². The van der Waals surface area contributed by atoms with E-state index in [9.17, 15) is 4.79 Å². The zero-order valence-corrected chi connectivity index (χ0v) is 11.5. The topological polar surface area (TPSA) is 58.6 Å². The zero-order valence-electron chi connectivity index (χ0n) is 11.5. The van der Waals surface area contributed by atoms with Gasteiger partial charge < -0.3 is 15.2 Å². The molecule has 1 heterocycles. The Morgan fingerprint density at radius 1 is 1.40 bits per heavy atom. The van der Waals surface area contributed by atoms with Gasteiger partial charge in [0.25, 0.3) is 0 Å². The molecule has 4 heteroatoms. The van der Waals surface area contributed by atoms with Crippen LogP contribution < -0.4 is 10.1 Å². The van der Waals surface area contributed by atoms with Crippen LogP contribution in [0.5, 0.6) is 5.75 Å². The molecule has 1 aromatic carbocycles. The van der Waals surface area contributed by atoms with E-state index in [4.69, 9.17) is 9.84 Å². The van der Waals surface area contributed by atoms with Gasteiger partial charge in [-0.1, -0.05) is 12.1 Å². The normalized spacial score (nSPS) is 20.2. The van der Waals surface area contributed by atoms with E-state index < -0.39 is 5.97 Å². The fraction of sp³-hybridized carbons (Fsp3) is 0.562. The number of carboxylic acid groups (broad SMARTS) is 1. The molecule has 0 amide bonds. The van der Waals surface area contributed by atoms with E-state index >= 15 is 0 Å². The molecule has 20 heavy (non-hydrogen) atoms. The second kappa shape index (κ2) is 5.83. The van der Waals surface area contributed by atoms with E-state index in [2.05, 4.69) is 5.32 Å². The van der Waals surface area contributed by atoms with Crippen LogP contribution in [0.15, 0.2) is 24.3 Å². The summed E-state index contributed by atoms with van der Waals surface area (Å²) >= 11 is 0. The van der Waals surface area contributed by atoms with Crippen LogP contribution >= 0.6 is 0 Å². The molecule has 0 radical (unpaired) electrons. The second-order valence-corrected chi connectivity index (χ2v) is 5.95. The maximum atomic E-state index is 11.0. The van der Waals surface area contributed by atoms with Crippen molar-refractivity contribution in [2.75, 3.05) is 19.7 Å². The van der Waals surface area contributed by atoms with Crippen LogP contribution in [0, 0.1) is 11.8 Å². The molecule has 1 saturated carbocycles. The molecule has 0 spiro atoms. The van der Waals surface area contributed by atoms with Crippen molar-refractivity contribution in [1.29, 1.82) is 0 Å². The predicted octanol–water partition coefficient (Wildman–Crippen LogP) is 2.25. The first kappa shape index (κ1) is 13.4. The summed E-state index contributed by atoms with van der Waals surface area (Å²) in [5.41, 5.74) is 1.11. The molecule has 1 aromatic rings. The molecule has 1 unspecified atom stereocenters. The molecule has 108 valence electrons. The van der Waals surface area contributed by atoms with Gasteiger partial charge in [0.15, 0.2) is 0 Å². The summed E-state index contributed by atoms with van der Waals surface area (Å²) in [6.45, 7) is 2.80. The van der Waals surface area contributed by atoms with Gasteiger partial charge in [0, 0.05) is 19.0 Å². The number of hydrogen-bond donors (Lipinski definition) is 2. The highest BCUT2D eigenvalue weighted by atomic mass is 16.5. The Morgan fingerprint density at radius 2 is 2.20 bits per heavy atom. The monoisotopic (exact) mass is 275 g/mol. The van der Waals surface area contributed by atoms with Crippen LogP contribution in [0.4, 0.5) is 0 Å². The molecular weight excluding hydrogens is 254 g/mol. The Labute approximate surface area is 119 Å². The van der Waals surface area contributed by atoms with E-state index in [0.717, 1.165) is 43.9 Å². The lowest BCUT2D eigenvalue weighted by Gasteiger charge is -2.27. The molecule has 1 saturated heterocycles. The summed E-state index contributed by atoms with van der Waals surface area (Å²) in [4.78, 5) is 11.0. The minimum atomic E-state index is -0.714. The zero-order chi connectivity index (χ0) is 13.9. The minimum absolute atomic E-state index is 0.140. The first-order valence-electron chi connectivity index (χ1n) is 7.37. The highest BCUT2D eigenvalue weighted by Gasteiger charge is 2.33. The Bertz CT molecular complexity index is 480. The largest absolute Gasteiger partial charge is 0.493 e. The highest BCUT2D eigenvalue weighted by Crippen LogP contribution is 2.45. The van der Waals surface area contributed by atoms with Gasteiger partial charge >= 0.3 is 5.97 Å². The lowest BCUT2D eigenvalue weighted by Crippen LogP contribution is -2.45. The molecule has 3 rings (SSSR count). The van der Waals surface area contributed by atoms with Gasteiger partial charge in [0.05, 0.1) is 13.0 Å². The number of hydrogen-bond acceptors (Lipinski definition) is 3. The summed E-state index contributed by atoms with van der Waals surface area (Å²) in [6, 6.07) is 7.99. The number of rotatable bonds is 7. The summed E-state index contributed by atoms with van der Waals surface area (Å²) in [7, 11) is 0. The number of carboxylic acids is 1. The maximum absolute atomic E-state index is 11.0. The molecule has 2 N–H and O–H groups in total. The quantitative estimate of drug-likeness (QED) is 0.801. The SMILES string of the molecule is O=C(O)CC(c1cccc(OCC2CNC2)c1)C1CC1. The third-order valence-corrected chi connectivity index (χ3v) is 4.22. The van der Waals surface area contributed by atoms with Crippen LogP contribution in [-0.4, -0.2) is 30.8 Å². The van der Waals surface area contributed by atoms with E-state index in [-0.39, 0.29) is 12.3 Å². The molecule has 4 nitrogen and oxygen atoms in total. The van der Waals surface area contributed by atoms with Gasteiger partial charge in [-0.25, -0.2) is 0 Å². The van der Waals surface area contributed by atoms with Gasteiger partial charge in [-0.15, -0.1) is 0 Å². The van der Waals surface area contributed by atoms with E-state index in [1.54, 1.807) is 0 Å². The van der Waals surface area contributed by atoms with Gasteiger partial charge in [-0.05, 0) is 42.4 Å². The van der Waals surface area contributed by atoms with Crippen molar-refractivity contribution >= 4 is 5.97 Å². The standard InChI is InChI=1S/C16H21NO3/c18-16(19)7-15(12-4-5-12)13-2-1-3-14(6-13)20-10-11-8-17-9-11/h1-3,6,11-12,15,17H,4-5,7-10H2,(H,18,19). The van der Waals surface area contributed by atoms with Crippen molar-refractivity contribution in [3.63, 3.8) is 0 Å². The van der Waals surface area contributed by atoms with Crippen molar-refractivity contribution in [1.82, 2.24) is 5.32 Å². The lowest BCUT2D eigenvalue weighted by molar-refractivity contribution is -0.137. The van der Waals surface area contributed by atoms with E-state index in [1.807, 2.05) is 24.3 Å². The number of ether oxygens (including phenoxy) is 1. The maximum Gasteiger partial charge on any atom is 0.303 e. The first-order valence-corrected chi connectivity index (χ1v) is 7.37. The van der Waals surface area contributed by atoms with Crippen LogP contribution in [0.2, 0.25) is 0 Å². The molecule has 2 fully saturated rings. The van der Waals surface area contributed by atoms with Gasteiger partial charge in [0.2, 0.25) is 0 Å². The van der Waals surface area contributed by atoms with Crippen LogP contribution in [0.1, 0.15) is 30.7 Å². The molecule has 2 aliphatic rings. The Kier molecular flexibility index (Phi) is 3.92. The summed E-state index contributed by atoms with van der Waals surface area (Å²) < 4.78 is 5.82. The molecule has 1 aliphatic carbocycles. The van der Waals surface area contributed by atoms with Crippen molar-refractivity contribution < 1.29 is 14.6 Å². The fourth-order valence-electron chi connectivity index (χ4n) is 2.76. The average Bonchev–Trinajstić information content (AvgIpc) is 3.18. The smallest absolute Gasteiger partial charge is 0.303 e. The second-order valence-electron chi connectivity index (χ2n) is 5.95.